The highest BCUT2D eigenvalue weighted by molar-refractivity contribution is 5.94. The van der Waals surface area contributed by atoms with E-state index in [2.05, 4.69) is 29.5 Å². The van der Waals surface area contributed by atoms with Gasteiger partial charge >= 0.3 is 0 Å². The summed E-state index contributed by atoms with van der Waals surface area (Å²) in [4.78, 5) is 18.6. The van der Waals surface area contributed by atoms with Gasteiger partial charge in [0.25, 0.3) is 5.91 Å². The fraction of sp³-hybridized carbons (Fsp3) is 0.333. The second-order valence-corrected chi connectivity index (χ2v) is 6.89. The molecule has 27 heavy (non-hydrogen) atoms. The number of carbonyl (C=O) groups excluding carboxylic acids is 1. The second-order valence-electron chi connectivity index (χ2n) is 6.89. The van der Waals surface area contributed by atoms with Crippen molar-refractivity contribution in [3.05, 3.63) is 64.7 Å². The van der Waals surface area contributed by atoms with E-state index in [1.165, 1.54) is 11.1 Å². The predicted molar refractivity (Wildman–Crippen MR) is 112 cm³/mol. The first-order chi connectivity index (χ1) is 12.8. The number of amides is 1. The summed E-state index contributed by atoms with van der Waals surface area (Å²) < 4.78 is 0. The van der Waals surface area contributed by atoms with Crippen molar-refractivity contribution in [2.75, 3.05) is 32.5 Å². The highest BCUT2D eigenvalue weighted by Crippen LogP contribution is 2.14. The van der Waals surface area contributed by atoms with E-state index in [1.807, 2.05) is 55.4 Å². The zero-order chi connectivity index (χ0) is 19.8. The van der Waals surface area contributed by atoms with E-state index in [0.717, 1.165) is 17.8 Å². The Bertz CT molecular complexity index is 814. The van der Waals surface area contributed by atoms with Crippen molar-refractivity contribution < 1.29 is 4.79 Å². The third kappa shape index (κ3) is 6.75. The number of benzene rings is 2. The maximum absolute atomic E-state index is 12.2. The maximum atomic E-state index is 12.2. The number of hydrogen-bond acceptors (Lipinski definition) is 3. The Kier molecular flexibility index (Phi) is 7.37. The Morgan fingerprint density at radius 2 is 1.89 bits per heavy atom. The zero-order valence-corrected chi connectivity index (χ0v) is 16.5. The largest absolute Gasteiger partial charge is 0.370 e. The molecule has 2 rings (SSSR count). The van der Waals surface area contributed by atoms with Crippen molar-refractivity contribution in [3.63, 3.8) is 0 Å². The molecule has 6 heteroatoms. The smallest absolute Gasteiger partial charge is 0.251 e. The summed E-state index contributed by atoms with van der Waals surface area (Å²) in [6, 6.07) is 13.5. The van der Waals surface area contributed by atoms with Crippen LogP contribution in [0.1, 0.15) is 27.0 Å². The Hall–Kier alpha value is -2.86. The molecule has 0 spiro atoms. The van der Waals surface area contributed by atoms with Gasteiger partial charge in [0, 0.05) is 24.3 Å². The van der Waals surface area contributed by atoms with Crippen LogP contribution in [0.5, 0.6) is 0 Å². The first kappa shape index (κ1) is 20.5. The molecule has 0 aliphatic carbocycles. The van der Waals surface area contributed by atoms with Gasteiger partial charge in [0.05, 0.1) is 6.54 Å². The van der Waals surface area contributed by atoms with Crippen molar-refractivity contribution in [2.24, 2.45) is 10.7 Å². The lowest BCUT2D eigenvalue weighted by Gasteiger charge is -2.11. The van der Waals surface area contributed by atoms with E-state index in [-0.39, 0.29) is 5.91 Å². The highest BCUT2D eigenvalue weighted by Gasteiger charge is 2.06. The summed E-state index contributed by atoms with van der Waals surface area (Å²) in [5.41, 5.74) is 10.9. The van der Waals surface area contributed by atoms with Crippen LogP contribution < -0.4 is 16.4 Å². The number of nitrogens with one attached hydrogen (secondary N) is 2. The number of anilines is 1. The van der Waals surface area contributed by atoms with Gasteiger partial charge in [0.1, 0.15) is 0 Å². The van der Waals surface area contributed by atoms with Gasteiger partial charge < -0.3 is 21.3 Å². The summed E-state index contributed by atoms with van der Waals surface area (Å²) in [7, 11) is 3.95. The fourth-order valence-electron chi connectivity index (χ4n) is 2.49. The third-order valence-corrected chi connectivity index (χ3v) is 4.25. The fourth-order valence-corrected chi connectivity index (χ4v) is 2.49. The molecule has 0 heterocycles. The van der Waals surface area contributed by atoms with Gasteiger partial charge in [-0.05, 0) is 68.9 Å². The normalized spacial score (nSPS) is 11.5. The number of rotatable bonds is 7. The minimum Gasteiger partial charge on any atom is -0.370 e. The molecule has 0 unspecified atom stereocenters. The third-order valence-electron chi connectivity index (χ3n) is 4.25. The topological polar surface area (TPSA) is 82.7 Å². The molecule has 2 aromatic rings. The van der Waals surface area contributed by atoms with Crippen molar-refractivity contribution in [3.8, 4) is 0 Å². The van der Waals surface area contributed by atoms with Crippen LogP contribution in [0.4, 0.5) is 5.69 Å². The molecule has 4 N–H and O–H groups in total. The molecule has 0 aliphatic heterocycles. The molecule has 2 aromatic carbocycles. The lowest BCUT2D eigenvalue weighted by Crippen LogP contribution is -2.31. The number of nitrogens with two attached hydrogens (primary N) is 1. The van der Waals surface area contributed by atoms with Gasteiger partial charge in [-0.1, -0.05) is 18.2 Å². The summed E-state index contributed by atoms with van der Waals surface area (Å²) in [6.45, 7) is 5.95. The van der Waals surface area contributed by atoms with Gasteiger partial charge in [-0.2, -0.15) is 0 Å². The number of carbonyl (C=O) groups is 1. The summed E-state index contributed by atoms with van der Waals surface area (Å²) >= 11 is 0. The van der Waals surface area contributed by atoms with E-state index in [9.17, 15) is 4.79 Å². The van der Waals surface area contributed by atoms with Crippen molar-refractivity contribution in [2.45, 2.75) is 20.4 Å². The zero-order valence-electron chi connectivity index (χ0n) is 16.5. The van der Waals surface area contributed by atoms with Crippen LogP contribution in [0.15, 0.2) is 47.5 Å². The van der Waals surface area contributed by atoms with Gasteiger partial charge in [-0.25, -0.2) is 4.99 Å². The standard InChI is InChI=1S/C21H29N5O/c1-15-8-9-19(12-16(15)2)25-21(22)24-14-17-6-5-7-18(13-17)20(27)23-10-11-26(3)4/h5-9,12-13H,10-11,14H2,1-4H3,(H,23,27)(H3,22,24,25). The van der Waals surface area contributed by atoms with Crippen LogP contribution in [0.2, 0.25) is 0 Å². The van der Waals surface area contributed by atoms with Gasteiger partial charge in [-0.15, -0.1) is 0 Å². The van der Waals surface area contributed by atoms with Gasteiger partial charge in [0.15, 0.2) is 5.96 Å². The molecule has 0 saturated carbocycles. The summed E-state index contributed by atoms with van der Waals surface area (Å²) in [5, 5.41) is 6.01. The Morgan fingerprint density at radius 3 is 2.59 bits per heavy atom. The minimum atomic E-state index is -0.0797. The molecule has 144 valence electrons. The van der Waals surface area contributed by atoms with E-state index in [4.69, 9.17) is 5.73 Å². The SMILES string of the molecule is Cc1ccc(NC(N)=NCc2cccc(C(=O)NCCN(C)C)c2)cc1C. The van der Waals surface area contributed by atoms with E-state index < -0.39 is 0 Å². The molecule has 0 bridgehead atoms. The number of guanidine groups is 1. The highest BCUT2D eigenvalue weighted by atomic mass is 16.1. The first-order valence-electron chi connectivity index (χ1n) is 9.01. The van der Waals surface area contributed by atoms with Crippen LogP contribution in [-0.4, -0.2) is 44.0 Å². The van der Waals surface area contributed by atoms with Crippen LogP contribution in [0.25, 0.3) is 0 Å². The number of aliphatic imine (C=N–C) groups is 1. The predicted octanol–water partition coefficient (Wildman–Crippen LogP) is 2.52. The summed E-state index contributed by atoms with van der Waals surface area (Å²) in [5.74, 6) is 0.267. The van der Waals surface area contributed by atoms with Gasteiger partial charge in [0.2, 0.25) is 0 Å². The minimum absolute atomic E-state index is 0.0797. The average Bonchev–Trinajstić information content (AvgIpc) is 2.63. The van der Waals surface area contributed by atoms with Crippen LogP contribution >= 0.6 is 0 Å². The van der Waals surface area contributed by atoms with Crippen LogP contribution in [0.3, 0.4) is 0 Å². The molecule has 1 amide bonds. The lowest BCUT2D eigenvalue weighted by molar-refractivity contribution is 0.0951. The molecule has 6 nitrogen and oxygen atoms in total. The van der Waals surface area contributed by atoms with Crippen molar-refractivity contribution in [1.29, 1.82) is 0 Å². The molecular formula is C21H29N5O. The van der Waals surface area contributed by atoms with Crippen LogP contribution in [-0.2, 0) is 6.54 Å². The molecule has 0 fully saturated rings. The number of aryl methyl sites for hydroxylation is 2. The monoisotopic (exact) mass is 367 g/mol. The lowest BCUT2D eigenvalue weighted by atomic mass is 10.1. The molecular weight excluding hydrogens is 338 g/mol. The Labute approximate surface area is 161 Å². The number of nitrogens with zero attached hydrogens (tertiary/aromatic N) is 2. The van der Waals surface area contributed by atoms with Gasteiger partial charge in [-0.3, -0.25) is 4.79 Å². The maximum Gasteiger partial charge on any atom is 0.251 e. The molecule has 0 radical (unpaired) electrons. The van der Waals surface area contributed by atoms with Crippen LogP contribution in [0, 0.1) is 13.8 Å². The molecule has 0 aliphatic rings. The van der Waals surface area contributed by atoms with E-state index in [0.29, 0.717) is 24.6 Å². The Balaban J connectivity index is 1.95. The second kappa shape index (κ2) is 9.73. The molecule has 0 aromatic heterocycles. The van der Waals surface area contributed by atoms with E-state index in [1.54, 1.807) is 6.07 Å². The molecule has 0 saturated heterocycles. The number of likely N-dealkylation sites (N-methyl/N-ethyl adjacent to an activating group) is 1. The summed E-state index contributed by atoms with van der Waals surface area (Å²) in [6.07, 6.45) is 0. The quantitative estimate of drug-likeness (QED) is 0.519. The molecule has 0 atom stereocenters. The number of hydrogen-bond donors (Lipinski definition) is 3. The van der Waals surface area contributed by atoms with E-state index >= 15 is 0 Å². The van der Waals surface area contributed by atoms with Crippen molar-refractivity contribution >= 4 is 17.6 Å². The average molecular weight is 367 g/mol. The first-order valence-corrected chi connectivity index (χ1v) is 9.01. The Morgan fingerprint density at radius 1 is 1.11 bits per heavy atom. The van der Waals surface area contributed by atoms with Crippen molar-refractivity contribution in [1.82, 2.24) is 10.2 Å².